The fourth-order valence-corrected chi connectivity index (χ4v) is 16.9. The number of aromatic nitrogens is 4. The van der Waals surface area contributed by atoms with Gasteiger partial charge in [-0.3, -0.25) is 0 Å². The number of fused-ring (bicyclic) bond motifs is 2. The van der Waals surface area contributed by atoms with Crippen LogP contribution in [0.4, 0.5) is 8.78 Å². The lowest BCUT2D eigenvalue weighted by Gasteiger charge is -2.18. The van der Waals surface area contributed by atoms with Gasteiger partial charge in [-0.2, -0.15) is 17.5 Å². The third-order valence-electron chi connectivity index (χ3n) is 15.8. The summed E-state index contributed by atoms with van der Waals surface area (Å²) >= 11 is 8.56. The molecule has 2 aromatic carbocycles. The molecule has 2 atom stereocenters. The summed E-state index contributed by atoms with van der Waals surface area (Å²) in [6.45, 7) is 19.5. The molecule has 8 aromatic rings. The number of nitrogens with zero attached hydrogens (tertiary/aromatic N) is 4. The molecule has 0 aliphatic heterocycles. The van der Waals surface area contributed by atoms with Crippen molar-refractivity contribution in [3.8, 4) is 63.0 Å². The normalized spacial score (nSPS) is 12.0. The molecule has 6 nitrogen and oxygen atoms in total. The van der Waals surface area contributed by atoms with Crippen LogP contribution in [0.3, 0.4) is 0 Å². The Bertz CT molecular complexity index is 3710. The molecule has 0 aliphatic carbocycles. The van der Waals surface area contributed by atoms with Crippen molar-refractivity contribution in [1.82, 2.24) is 17.5 Å². The molecule has 2 unspecified atom stereocenters. The van der Waals surface area contributed by atoms with E-state index in [4.69, 9.17) is 27.0 Å². The van der Waals surface area contributed by atoms with E-state index in [1.54, 1.807) is 34.0 Å². The van der Waals surface area contributed by atoms with Crippen LogP contribution < -0.4 is 9.47 Å². The van der Waals surface area contributed by atoms with Gasteiger partial charge in [-0.05, 0) is 128 Å². The molecule has 0 radical (unpaired) electrons. The Morgan fingerprint density at radius 3 is 1.60 bits per heavy atom. The van der Waals surface area contributed by atoms with Crippen molar-refractivity contribution < 1.29 is 29.7 Å². The zero-order valence-electron chi connectivity index (χ0n) is 50.4. The molecule has 0 bridgehead atoms. The van der Waals surface area contributed by atoms with E-state index in [9.17, 15) is 0 Å². The SMILES string of the molecule is C=C=C=C=C=C=C=COc1c(OCCCCCCCC)c(-c2ccc(C)s2)c2nsnc2c1-c1ccc(-c2sc(-c3c(F)c(F)c(-c4cc(CC(CCCC)CCCCCC)c(C)s4)c4nsnc34)cc2CC(CCCC)CCCCCC)s1.[HH].[HH].[HH].[HH].[HH].[HH].[HH].[HH]. The first-order valence-corrected chi connectivity index (χ1v) is 35.6. The highest BCUT2D eigenvalue weighted by Crippen LogP contribution is 2.55. The van der Waals surface area contributed by atoms with Crippen LogP contribution in [0, 0.1) is 37.3 Å². The minimum atomic E-state index is -0.877. The number of unbranched alkanes of at least 4 members (excludes halogenated alkanes) is 13. The Balaban J connectivity index is 0.0000104. The van der Waals surface area contributed by atoms with E-state index in [2.05, 4.69) is 126 Å². The molecule has 460 valence electrons. The second-order valence-corrected chi connectivity index (χ2v) is 28.0. The number of hydrogen-bond donors (Lipinski definition) is 0. The van der Waals surface area contributed by atoms with Gasteiger partial charge in [0, 0.05) is 50.4 Å². The van der Waals surface area contributed by atoms with Gasteiger partial charge in [0.25, 0.3) is 0 Å². The monoisotopic (exact) mass is 1260 g/mol. The number of aryl methyl sites for hydroxylation is 2. The summed E-state index contributed by atoms with van der Waals surface area (Å²) < 4.78 is 68.2. The van der Waals surface area contributed by atoms with Crippen LogP contribution in [0.15, 0.2) is 83.6 Å². The first-order chi connectivity index (χ1) is 41.1. The molecule has 0 spiro atoms. The number of halogens is 2. The van der Waals surface area contributed by atoms with Crippen LogP contribution in [0.1, 0.15) is 208 Å². The van der Waals surface area contributed by atoms with Crippen molar-refractivity contribution >= 4 is 90.9 Å². The van der Waals surface area contributed by atoms with Gasteiger partial charge in [-0.25, -0.2) is 8.78 Å². The van der Waals surface area contributed by atoms with Crippen LogP contribution in [0.25, 0.3) is 73.6 Å². The highest BCUT2D eigenvalue weighted by atomic mass is 32.1. The second-order valence-electron chi connectivity index (χ2n) is 22.2. The maximum Gasteiger partial charge on any atom is 0.181 e. The minimum Gasteiger partial charge on any atom is -0.489 e. The van der Waals surface area contributed by atoms with Gasteiger partial charge in [-0.1, -0.05) is 175 Å². The number of benzene rings is 2. The fourth-order valence-electron chi connectivity index (χ4n) is 11.3. The quantitative estimate of drug-likeness (QED) is 0.0224. The first-order valence-electron chi connectivity index (χ1n) is 30.9. The summed E-state index contributed by atoms with van der Waals surface area (Å²) in [6.07, 6.45) is 28.8. The topological polar surface area (TPSA) is 70.0 Å². The molecule has 0 amide bonds. The van der Waals surface area contributed by atoms with Gasteiger partial charge in [0.2, 0.25) is 0 Å². The van der Waals surface area contributed by atoms with Crippen LogP contribution in [-0.2, 0) is 12.8 Å². The summed E-state index contributed by atoms with van der Waals surface area (Å²) in [6, 6.07) is 12.8. The van der Waals surface area contributed by atoms with Gasteiger partial charge in [0.15, 0.2) is 23.1 Å². The van der Waals surface area contributed by atoms with Crippen molar-refractivity contribution in [2.45, 2.75) is 203 Å². The van der Waals surface area contributed by atoms with Crippen LogP contribution in [0.5, 0.6) is 11.5 Å². The Hall–Kier alpha value is -5.24. The molecule has 0 fully saturated rings. The smallest absolute Gasteiger partial charge is 0.181 e. The number of rotatable bonds is 35. The lowest BCUT2D eigenvalue weighted by Crippen LogP contribution is -2.05. The predicted octanol–water partition coefficient (Wildman–Crippen LogP) is 26.0. The van der Waals surface area contributed by atoms with E-state index in [1.807, 2.05) is 0 Å². The molecule has 8 rings (SSSR count). The number of hydrogen-bond acceptors (Lipinski definition) is 12. The largest absolute Gasteiger partial charge is 0.489 e. The Kier molecular flexibility index (Phi) is 25.9. The van der Waals surface area contributed by atoms with E-state index in [0.717, 1.165) is 134 Å². The summed E-state index contributed by atoms with van der Waals surface area (Å²) in [7, 11) is 0. The third kappa shape index (κ3) is 16.6. The van der Waals surface area contributed by atoms with Gasteiger partial charge < -0.3 is 9.47 Å². The molecule has 14 heteroatoms. The van der Waals surface area contributed by atoms with E-state index >= 15 is 8.78 Å². The maximum absolute atomic E-state index is 17.6. The number of ether oxygens (including phenoxy) is 2. The van der Waals surface area contributed by atoms with Crippen LogP contribution in [-0.4, -0.2) is 24.1 Å². The predicted molar refractivity (Wildman–Crippen MR) is 375 cm³/mol. The van der Waals surface area contributed by atoms with E-state index in [0.29, 0.717) is 56.2 Å². The summed E-state index contributed by atoms with van der Waals surface area (Å²) in [5, 5.41) is 0. The van der Waals surface area contributed by atoms with Gasteiger partial charge >= 0.3 is 0 Å². The van der Waals surface area contributed by atoms with Gasteiger partial charge in [0.05, 0.1) is 52.3 Å². The molecular formula is C70H98F2N4O2S6. The van der Waals surface area contributed by atoms with E-state index in [1.165, 1.54) is 118 Å². The highest BCUT2D eigenvalue weighted by Gasteiger charge is 2.32. The van der Waals surface area contributed by atoms with Crippen LogP contribution >= 0.6 is 68.8 Å². The Labute approximate surface area is 534 Å². The van der Waals surface area contributed by atoms with Gasteiger partial charge in [0.1, 0.15) is 28.3 Å². The lowest BCUT2D eigenvalue weighted by atomic mass is 9.89. The molecule has 6 aromatic heterocycles. The molecule has 0 aliphatic rings. The highest BCUT2D eigenvalue weighted by molar-refractivity contribution is 7.25. The summed E-state index contributed by atoms with van der Waals surface area (Å²) in [5.74, 6) is 0.337. The average molecular weight is 1260 g/mol. The molecule has 0 saturated carbocycles. The van der Waals surface area contributed by atoms with Crippen molar-refractivity contribution in [3.05, 3.63) is 116 Å². The summed E-state index contributed by atoms with van der Waals surface area (Å²) in [5.41, 5.74) is 23.0. The molecular weight excluding hydrogens is 1160 g/mol. The van der Waals surface area contributed by atoms with Crippen molar-refractivity contribution in [2.24, 2.45) is 11.8 Å². The minimum absolute atomic E-state index is 0. The maximum atomic E-state index is 17.6. The first kappa shape index (κ1) is 64.8. The molecule has 0 saturated heterocycles. The zero-order valence-corrected chi connectivity index (χ0v) is 55.3. The molecule has 6 heterocycles. The number of thiophene rings is 4. The summed E-state index contributed by atoms with van der Waals surface area (Å²) in [4.78, 5) is 7.62. The Morgan fingerprint density at radius 2 is 1.00 bits per heavy atom. The Morgan fingerprint density at radius 1 is 0.512 bits per heavy atom. The van der Waals surface area contributed by atoms with Crippen molar-refractivity contribution in [1.29, 1.82) is 0 Å². The zero-order chi connectivity index (χ0) is 59.2. The fraction of sp³-hybridized carbons (Fsp3) is 0.486. The standard InChI is InChI=1S/C70H82F2N4O2S6.8H2/c1-9-15-21-25-27-31-41-77-68-60(53-38-37-47(7)79-53)66-67(76-84-75-66)61(69(68)78-42-32-28-26-22-16-10-2)54-39-40-55(81-54)70-52(44-50(34-20-14-6)36-30-24-18-12-4)46-57(82-70)59-63(72)62(71)58(64-65(59)74-83-73-64)56-45-51(48(8)80-56)43-49(33-19-13-5)35-29-23-17-11-3;;;;;;;;/h37-40,42,45-46,49-50H,2,9,11-15,17-21,23-25,27,29-31,33-36,41,43-44H2,1,3-8H3;8*1H. The average Bonchev–Trinajstić information content (AvgIpc) is 1.69. The third-order valence-corrected chi connectivity index (χ3v) is 21.5. The molecule has 0 N–H and O–H groups in total. The van der Waals surface area contributed by atoms with Crippen molar-refractivity contribution in [2.75, 3.05) is 6.61 Å². The van der Waals surface area contributed by atoms with E-state index < -0.39 is 11.6 Å². The van der Waals surface area contributed by atoms with Crippen molar-refractivity contribution in [3.63, 3.8) is 0 Å². The van der Waals surface area contributed by atoms with Crippen LogP contribution in [0.2, 0.25) is 0 Å². The van der Waals surface area contributed by atoms with Gasteiger partial charge in [-0.15, -0.1) is 45.3 Å². The molecule has 84 heavy (non-hydrogen) atoms. The van der Waals surface area contributed by atoms with E-state index in [-0.39, 0.29) is 22.5 Å². The second kappa shape index (κ2) is 33.6. The lowest BCUT2D eigenvalue weighted by molar-refractivity contribution is 0.293.